The van der Waals surface area contributed by atoms with Crippen LogP contribution in [0.4, 0.5) is 0 Å². The van der Waals surface area contributed by atoms with Crippen molar-refractivity contribution in [3.63, 3.8) is 0 Å². The van der Waals surface area contributed by atoms with Crippen LogP contribution in [-0.2, 0) is 0 Å². The summed E-state index contributed by atoms with van der Waals surface area (Å²) in [5.41, 5.74) is 2.31. The SMILES string of the molecule is CCCC(Cl)c1noc(-c2cccc3nccnc23)n1. The number of halogens is 1. The highest BCUT2D eigenvalue weighted by atomic mass is 35.5. The molecule has 0 fully saturated rings. The lowest BCUT2D eigenvalue weighted by atomic mass is 10.1. The zero-order valence-electron chi connectivity index (χ0n) is 11.0. The van der Waals surface area contributed by atoms with Crippen LogP contribution in [0.15, 0.2) is 35.1 Å². The van der Waals surface area contributed by atoms with Gasteiger partial charge in [-0.1, -0.05) is 24.6 Å². The molecule has 0 amide bonds. The quantitative estimate of drug-likeness (QED) is 0.684. The number of aromatic nitrogens is 4. The van der Waals surface area contributed by atoms with E-state index in [-0.39, 0.29) is 5.38 Å². The molecule has 0 aliphatic rings. The lowest BCUT2D eigenvalue weighted by molar-refractivity contribution is 0.421. The lowest BCUT2D eigenvalue weighted by Crippen LogP contribution is -1.93. The molecule has 6 heteroatoms. The number of hydrogen-bond acceptors (Lipinski definition) is 5. The predicted molar refractivity (Wildman–Crippen MR) is 76.3 cm³/mol. The van der Waals surface area contributed by atoms with Gasteiger partial charge in [0.2, 0.25) is 0 Å². The number of fused-ring (bicyclic) bond motifs is 1. The summed E-state index contributed by atoms with van der Waals surface area (Å²) in [6.07, 6.45) is 5.08. The highest BCUT2D eigenvalue weighted by molar-refractivity contribution is 6.20. The Hall–Kier alpha value is -2.01. The number of alkyl halides is 1. The van der Waals surface area contributed by atoms with Gasteiger partial charge in [-0.15, -0.1) is 11.6 Å². The third kappa shape index (κ3) is 2.36. The van der Waals surface area contributed by atoms with E-state index in [0.29, 0.717) is 11.7 Å². The molecule has 0 saturated carbocycles. The molecule has 20 heavy (non-hydrogen) atoms. The molecule has 2 aromatic heterocycles. The van der Waals surface area contributed by atoms with Gasteiger partial charge in [-0.25, -0.2) is 0 Å². The van der Waals surface area contributed by atoms with E-state index in [1.807, 2.05) is 18.2 Å². The average molecular weight is 289 g/mol. The molecule has 3 rings (SSSR count). The molecule has 0 spiro atoms. The Balaban J connectivity index is 2.03. The van der Waals surface area contributed by atoms with Crippen molar-refractivity contribution >= 4 is 22.6 Å². The molecule has 1 atom stereocenters. The molecule has 2 heterocycles. The van der Waals surface area contributed by atoms with Gasteiger partial charge in [0, 0.05) is 12.4 Å². The Kier molecular flexibility index (Phi) is 3.60. The van der Waals surface area contributed by atoms with Crippen molar-refractivity contribution < 1.29 is 4.52 Å². The molecule has 5 nitrogen and oxygen atoms in total. The van der Waals surface area contributed by atoms with Crippen LogP contribution >= 0.6 is 11.6 Å². The molecule has 0 aliphatic heterocycles. The maximum Gasteiger partial charge on any atom is 0.260 e. The summed E-state index contributed by atoms with van der Waals surface area (Å²) < 4.78 is 5.31. The van der Waals surface area contributed by atoms with Gasteiger partial charge in [0.05, 0.1) is 16.5 Å². The van der Waals surface area contributed by atoms with Crippen LogP contribution in [0.5, 0.6) is 0 Å². The minimum absolute atomic E-state index is 0.224. The van der Waals surface area contributed by atoms with E-state index in [2.05, 4.69) is 27.0 Å². The minimum atomic E-state index is -0.224. The Bertz CT molecular complexity index is 723. The van der Waals surface area contributed by atoms with Crippen LogP contribution < -0.4 is 0 Å². The van der Waals surface area contributed by atoms with Crippen molar-refractivity contribution in [3.8, 4) is 11.5 Å². The predicted octanol–water partition coefficient (Wildman–Crippen LogP) is 3.76. The second kappa shape index (κ2) is 5.54. The van der Waals surface area contributed by atoms with Gasteiger partial charge >= 0.3 is 0 Å². The standard InChI is InChI=1S/C14H13ClN4O/c1-2-4-10(15)13-18-14(20-19-13)9-5-3-6-11-12(9)17-8-7-16-11/h3,5-8,10H,2,4H2,1H3. The number of para-hydroxylation sites is 1. The lowest BCUT2D eigenvalue weighted by Gasteiger charge is -2.00. The average Bonchev–Trinajstić information content (AvgIpc) is 2.97. The largest absolute Gasteiger partial charge is 0.334 e. The fourth-order valence-corrected chi connectivity index (χ4v) is 2.33. The van der Waals surface area contributed by atoms with E-state index in [1.54, 1.807) is 12.4 Å². The second-order valence-corrected chi connectivity index (χ2v) is 4.97. The maximum atomic E-state index is 6.21. The smallest absolute Gasteiger partial charge is 0.260 e. The molecule has 0 N–H and O–H groups in total. The normalized spacial score (nSPS) is 12.7. The third-order valence-corrected chi connectivity index (χ3v) is 3.41. The van der Waals surface area contributed by atoms with Crippen LogP contribution in [0.1, 0.15) is 31.0 Å². The summed E-state index contributed by atoms with van der Waals surface area (Å²) in [6.45, 7) is 2.07. The fourth-order valence-electron chi connectivity index (χ4n) is 2.02. The van der Waals surface area contributed by atoms with Gasteiger partial charge in [0.15, 0.2) is 5.82 Å². The van der Waals surface area contributed by atoms with E-state index >= 15 is 0 Å². The molecule has 3 aromatic rings. The molecule has 1 unspecified atom stereocenters. The Morgan fingerprint density at radius 3 is 2.95 bits per heavy atom. The summed E-state index contributed by atoms with van der Waals surface area (Å²) in [6, 6.07) is 5.67. The molecule has 0 saturated heterocycles. The number of benzene rings is 1. The molecular weight excluding hydrogens is 276 g/mol. The van der Waals surface area contributed by atoms with Crippen LogP contribution in [0.3, 0.4) is 0 Å². The van der Waals surface area contributed by atoms with Gasteiger partial charge < -0.3 is 4.52 Å². The van der Waals surface area contributed by atoms with Crippen molar-refractivity contribution in [2.75, 3.05) is 0 Å². The van der Waals surface area contributed by atoms with Gasteiger partial charge in [-0.05, 0) is 18.6 Å². The summed E-state index contributed by atoms with van der Waals surface area (Å²) in [4.78, 5) is 13.0. The topological polar surface area (TPSA) is 64.7 Å². The van der Waals surface area contributed by atoms with E-state index in [0.717, 1.165) is 29.4 Å². The van der Waals surface area contributed by atoms with E-state index in [1.165, 1.54) is 0 Å². The highest BCUT2D eigenvalue weighted by Gasteiger charge is 2.17. The zero-order chi connectivity index (χ0) is 13.9. The summed E-state index contributed by atoms with van der Waals surface area (Å²) in [7, 11) is 0. The fraction of sp³-hybridized carbons (Fsp3) is 0.286. The number of rotatable bonds is 4. The van der Waals surface area contributed by atoms with Gasteiger partial charge in [-0.2, -0.15) is 4.98 Å². The van der Waals surface area contributed by atoms with Crippen molar-refractivity contribution in [2.45, 2.75) is 25.1 Å². The molecule has 0 radical (unpaired) electrons. The minimum Gasteiger partial charge on any atom is -0.334 e. The molecule has 0 aliphatic carbocycles. The summed E-state index contributed by atoms with van der Waals surface area (Å²) in [5, 5.41) is 3.73. The first-order valence-corrected chi connectivity index (χ1v) is 6.91. The van der Waals surface area contributed by atoms with Crippen LogP contribution in [0.25, 0.3) is 22.5 Å². The second-order valence-electron chi connectivity index (χ2n) is 4.44. The third-order valence-electron chi connectivity index (χ3n) is 2.99. The first-order chi connectivity index (χ1) is 9.79. The first-order valence-electron chi connectivity index (χ1n) is 6.47. The van der Waals surface area contributed by atoms with E-state index < -0.39 is 0 Å². The van der Waals surface area contributed by atoms with Gasteiger partial charge in [-0.3, -0.25) is 9.97 Å². The van der Waals surface area contributed by atoms with Crippen molar-refractivity contribution in [3.05, 3.63) is 36.4 Å². The van der Waals surface area contributed by atoms with Crippen molar-refractivity contribution in [1.82, 2.24) is 20.1 Å². The number of nitrogens with zero attached hydrogens (tertiary/aromatic N) is 4. The summed E-state index contributed by atoms with van der Waals surface area (Å²) in [5.74, 6) is 0.942. The summed E-state index contributed by atoms with van der Waals surface area (Å²) >= 11 is 6.21. The monoisotopic (exact) mass is 288 g/mol. The van der Waals surface area contributed by atoms with Crippen LogP contribution in [0.2, 0.25) is 0 Å². The molecular formula is C14H13ClN4O. The number of hydrogen-bond donors (Lipinski definition) is 0. The molecule has 0 bridgehead atoms. The Morgan fingerprint density at radius 1 is 1.25 bits per heavy atom. The maximum absolute atomic E-state index is 6.21. The van der Waals surface area contributed by atoms with Crippen molar-refractivity contribution in [2.24, 2.45) is 0 Å². The first kappa shape index (κ1) is 13.0. The van der Waals surface area contributed by atoms with Crippen LogP contribution in [0, 0.1) is 0 Å². The van der Waals surface area contributed by atoms with Gasteiger partial charge in [0.1, 0.15) is 5.52 Å². The van der Waals surface area contributed by atoms with Crippen LogP contribution in [-0.4, -0.2) is 20.1 Å². The van der Waals surface area contributed by atoms with Gasteiger partial charge in [0.25, 0.3) is 5.89 Å². The van der Waals surface area contributed by atoms with Crippen molar-refractivity contribution in [1.29, 1.82) is 0 Å². The van der Waals surface area contributed by atoms with E-state index in [4.69, 9.17) is 16.1 Å². The Morgan fingerprint density at radius 2 is 2.10 bits per heavy atom. The molecule has 1 aromatic carbocycles. The van der Waals surface area contributed by atoms with E-state index in [9.17, 15) is 0 Å². The molecule has 102 valence electrons. The Labute approximate surface area is 121 Å². The highest BCUT2D eigenvalue weighted by Crippen LogP contribution is 2.28. The zero-order valence-corrected chi connectivity index (χ0v) is 11.7.